The van der Waals surface area contributed by atoms with Crippen LogP contribution in [-0.4, -0.2) is 36.0 Å². The maximum absolute atomic E-state index is 5.44. The molecule has 1 aliphatic rings. The molecule has 2 rings (SSSR count). The normalized spacial score (nSPS) is 17.4. The number of methoxy groups -OCH3 is 1. The van der Waals surface area contributed by atoms with E-state index in [4.69, 9.17) is 9.15 Å². The third kappa shape index (κ3) is 3.18. The zero-order valence-corrected chi connectivity index (χ0v) is 9.75. The molecule has 1 aromatic rings. The summed E-state index contributed by atoms with van der Waals surface area (Å²) >= 11 is 0. The van der Waals surface area contributed by atoms with Gasteiger partial charge in [0.05, 0.1) is 13.2 Å². The van der Waals surface area contributed by atoms with Crippen LogP contribution in [0.25, 0.3) is 0 Å². The van der Waals surface area contributed by atoms with Gasteiger partial charge in [0.25, 0.3) is 0 Å². The fraction of sp³-hybridized carbons (Fsp3) is 0.800. The van der Waals surface area contributed by atoms with Crippen molar-refractivity contribution in [2.75, 3.05) is 25.6 Å². The van der Waals surface area contributed by atoms with Gasteiger partial charge in [-0.05, 0) is 19.8 Å². The summed E-state index contributed by atoms with van der Waals surface area (Å²) in [5.74, 6) is 0.600. The smallest absolute Gasteiger partial charge is 0.315 e. The van der Waals surface area contributed by atoms with Gasteiger partial charge in [0.15, 0.2) is 0 Å². The first kappa shape index (κ1) is 11.3. The Hall–Kier alpha value is -1.14. The Morgan fingerprint density at radius 3 is 2.94 bits per heavy atom. The largest absolute Gasteiger partial charge is 0.407 e. The Labute approximate surface area is 94.8 Å². The second kappa shape index (κ2) is 4.80. The van der Waals surface area contributed by atoms with Crippen LogP contribution in [-0.2, 0) is 11.3 Å². The summed E-state index contributed by atoms with van der Waals surface area (Å²) in [6.07, 6.45) is 2.33. The van der Waals surface area contributed by atoms with Gasteiger partial charge in [0, 0.05) is 19.2 Å². The lowest BCUT2D eigenvalue weighted by molar-refractivity contribution is 0.198. The number of nitrogens with one attached hydrogen (secondary N) is 2. The molecule has 0 aromatic carbocycles. The summed E-state index contributed by atoms with van der Waals surface area (Å²) < 4.78 is 10.4. The zero-order chi connectivity index (χ0) is 11.4. The van der Waals surface area contributed by atoms with Crippen molar-refractivity contribution in [2.45, 2.75) is 31.8 Å². The van der Waals surface area contributed by atoms with Crippen molar-refractivity contribution in [1.29, 1.82) is 0 Å². The van der Waals surface area contributed by atoms with E-state index in [9.17, 15) is 0 Å². The standard InChI is InChI=1S/C10H18N4O2/c1-10(3-4-10)12-9-14-13-8(16-9)7-11-5-6-15-2/h11H,3-7H2,1-2H3,(H,12,14). The van der Waals surface area contributed by atoms with Gasteiger partial charge in [-0.15, -0.1) is 5.10 Å². The Bertz CT molecular complexity index is 335. The molecule has 16 heavy (non-hydrogen) atoms. The molecule has 2 N–H and O–H groups in total. The summed E-state index contributed by atoms with van der Waals surface area (Å²) in [4.78, 5) is 0. The highest BCUT2D eigenvalue weighted by Crippen LogP contribution is 2.37. The van der Waals surface area contributed by atoms with Crippen LogP contribution >= 0.6 is 0 Å². The van der Waals surface area contributed by atoms with Crippen molar-refractivity contribution in [2.24, 2.45) is 0 Å². The van der Waals surface area contributed by atoms with E-state index in [0.29, 0.717) is 25.1 Å². The SMILES string of the molecule is COCCNCc1nnc(NC2(C)CC2)o1. The molecule has 1 aliphatic carbocycles. The molecule has 0 spiro atoms. The molecule has 1 heterocycles. The van der Waals surface area contributed by atoms with Gasteiger partial charge < -0.3 is 19.8 Å². The van der Waals surface area contributed by atoms with Gasteiger partial charge >= 0.3 is 6.01 Å². The lowest BCUT2D eigenvalue weighted by Gasteiger charge is -2.06. The number of hydrogen-bond donors (Lipinski definition) is 2. The molecule has 90 valence electrons. The van der Waals surface area contributed by atoms with Gasteiger partial charge in [0.1, 0.15) is 0 Å². The topological polar surface area (TPSA) is 72.2 Å². The van der Waals surface area contributed by atoms with Crippen LogP contribution in [0.2, 0.25) is 0 Å². The summed E-state index contributed by atoms with van der Waals surface area (Å²) in [6, 6.07) is 0.517. The number of nitrogens with zero attached hydrogens (tertiary/aromatic N) is 2. The van der Waals surface area contributed by atoms with E-state index in [0.717, 1.165) is 19.4 Å². The quantitative estimate of drug-likeness (QED) is 0.669. The molecule has 0 radical (unpaired) electrons. The third-order valence-corrected chi connectivity index (χ3v) is 2.63. The molecule has 0 atom stereocenters. The first-order valence-corrected chi connectivity index (χ1v) is 5.52. The minimum atomic E-state index is 0.174. The molecule has 0 saturated heterocycles. The number of hydrogen-bond acceptors (Lipinski definition) is 6. The summed E-state index contributed by atoms with van der Waals surface area (Å²) in [5.41, 5.74) is 0.174. The van der Waals surface area contributed by atoms with Crippen molar-refractivity contribution in [3.8, 4) is 0 Å². The average Bonchev–Trinajstić information content (AvgIpc) is 2.81. The molecule has 6 nitrogen and oxygen atoms in total. The van der Waals surface area contributed by atoms with Crippen molar-refractivity contribution in [3.05, 3.63) is 5.89 Å². The molecule has 1 fully saturated rings. The van der Waals surface area contributed by atoms with E-state index >= 15 is 0 Å². The lowest BCUT2D eigenvalue weighted by atomic mass is 10.3. The highest BCUT2D eigenvalue weighted by Gasteiger charge is 2.38. The van der Waals surface area contributed by atoms with Gasteiger partial charge in [0.2, 0.25) is 5.89 Å². The van der Waals surface area contributed by atoms with E-state index in [1.807, 2.05) is 0 Å². The van der Waals surface area contributed by atoms with E-state index in [1.54, 1.807) is 7.11 Å². The van der Waals surface area contributed by atoms with Crippen molar-refractivity contribution < 1.29 is 9.15 Å². The molecule has 1 saturated carbocycles. The van der Waals surface area contributed by atoms with E-state index in [-0.39, 0.29) is 5.54 Å². The first-order chi connectivity index (χ1) is 7.72. The van der Waals surface area contributed by atoms with E-state index in [1.165, 1.54) is 0 Å². The van der Waals surface area contributed by atoms with Crippen LogP contribution in [0.4, 0.5) is 6.01 Å². The zero-order valence-electron chi connectivity index (χ0n) is 9.75. The monoisotopic (exact) mass is 226 g/mol. The van der Waals surface area contributed by atoms with Gasteiger partial charge in [-0.2, -0.15) is 0 Å². The molecule has 0 bridgehead atoms. The fourth-order valence-electron chi connectivity index (χ4n) is 1.32. The molecule has 0 amide bonds. The second-order valence-corrected chi connectivity index (χ2v) is 4.36. The molecular formula is C10H18N4O2. The number of anilines is 1. The predicted molar refractivity (Wildman–Crippen MR) is 59.1 cm³/mol. The maximum Gasteiger partial charge on any atom is 0.315 e. The summed E-state index contributed by atoms with van der Waals surface area (Å²) in [6.45, 7) is 4.18. The lowest BCUT2D eigenvalue weighted by Crippen LogP contribution is -2.18. The molecule has 1 aromatic heterocycles. The van der Waals surface area contributed by atoms with Crippen LogP contribution in [0, 0.1) is 0 Å². The second-order valence-electron chi connectivity index (χ2n) is 4.36. The Morgan fingerprint density at radius 2 is 2.25 bits per heavy atom. The van der Waals surface area contributed by atoms with Crippen LogP contribution in [0.3, 0.4) is 0 Å². The predicted octanol–water partition coefficient (Wildman–Crippen LogP) is 0.770. The molecule has 6 heteroatoms. The average molecular weight is 226 g/mol. The van der Waals surface area contributed by atoms with Crippen LogP contribution in [0.5, 0.6) is 0 Å². The molecule has 0 aliphatic heterocycles. The number of rotatable bonds is 7. The van der Waals surface area contributed by atoms with E-state index in [2.05, 4.69) is 27.8 Å². The fourth-order valence-corrected chi connectivity index (χ4v) is 1.32. The summed E-state index contributed by atoms with van der Waals surface area (Å²) in [7, 11) is 1.67. The summed E-state index contributed by atoms with van der Waals surface area (Å²) in [5, 5.41) is 14.3. The minimum Gasteiger partial charge on any atom is -0.407 e. The molecular weight excluding hydrogens is 208 g/mol. The Balaban J connectivity index is 1.74. The molecule has 0 unspecified atom stereocenters. The van der Waals surface area contributed by atoms with Gasteiger partial charge in [-0.1, -0.05) is 5.10 Å². The third-order valence-electron chi connectivity index (χ3n) is 2.63. The van der Waals surface area contributed by atoms with Crippen LogP contribution < -0.4 is 10.6 Å². The highest BCUT2D eigenvalue weighted by atomic mass is 16.5. The number of aromatic nitrogens is 2. The maximum atomic E-state index is 5.44. The van der Waals surface area contributed by atoms with Crippen LogP contribution in [0.15, 0.2) is 4.42 Å². The number of ether oxygens (including phenoxy) is 1. The highest BCUT2D eigenvalue weighted by molar-refractivity contribution is 5.28. The van der Waals surface area contributed by atoms with Gasteiger partial charge in [-0.3, -0.25) is 0 Å². The van der Waals surface area contributed by atoms with Crippen LogP contribution in [0.1, 0.15) is 25.7 Å². The van der Waals surface area contributed by atoms with Crippen molar-refractivity contribution >= 4 is 6.01 Å². The van der Waals surface area contributed by atoms with Gasteiger partial charge in [-0.25, -0.2) is 0 Å². The Kier molecular flexibility index (Phi) is 3.40. The van der Waals surface area contributed by atoms with Crippen molar-refractivity contribution in [1.82, 2.24) is 15.5 Å². The van der Waals surface area contributed by atoms with Crippen molar-refractivity contribution in [3.63, 3.8) is 0 Å². The minimum absolute atomic E-state index is 0.174. The van der Waals surface area contributed by atoms with E-state index < -0.39 is 0 Å². The Morgan fingerprint density at radius 1 is 1.44 bits per heavy atom. The first-order valence-electron chi connectivity index (χ1n) is 5.52.